The molecule has 0 radical (unpaired) electrons. The third kappa shape index (κ3) is 3.87. The number of rotatable bonds is 1. The van der Waals surface area contributed by atoms with Crippen molar-refractivity contribution in [1.82, 2.24) is 19.9 Å². The van der Waals surface area contributed by atoms with Crippen LogP contribution in [0.3, 0.4) is 0 Å². The van der Waals surface area contributed by atoms with Crippen molar-refractivity contribution in [2.45, 2.75) is 12.3 Å². The van der Waals surface area contributed by atoms with Crippen LogP contribution in [0.4, 0.5) is 0 Å². The number of halogens is 1. The minimum Gasteiger partial charge on any atom is -0.253 e. The molecule has 0 aliphatic rings. The van der Waals surface area contributed by atoms with Gasteiger partial charge in [0.2, 0.25) is 0 Å². The number of alkyl halides is 1. The van der Waals surface area contributed by atoms with E-state index in [0.29, 0.717) is 0 Å². The molecule has 0 unspecified atom stereocenters. The normalized spacial score (nSPS) is 10.3. The summed E-state index contributed by atoms with van der Waals surface area (Å²) < 4.78 is 0. The number of aromatic nitrogens is 4. The van der Waals surface area contributed by atoms with Gasteiger partial charge in [-0.15, -0.1) is 0 Å². The van der Waals surface area contributed by atoms with Crippen LogP contribution in [0.15, 0.2) is 61.2 Å². The summed E-state index contributed by atoms with van der Waals surface area (Å²) >= 11 is 3.40. The van der Waals surface area contributed by atoms with Crippen molar-refractivity contribution in [3.05, 3.63) is 72.3 Å². The second kappa shape index (κ2) is 7.24. The molecule has 5 heteroatoms. The van der Waals surface area contributed by atoms with E-state index in [0.717, 1.165) is 27.4 Å². The standard InChI is InChI=1S/C9H7BrN2.C9H8N2/c10-6-7-1-2-8-9(5-7)12-4-3-11-8;1-7-2-3-8-9(6-7)11-5-4-10-8/h1-5H,6H2;2-6H,1H3. The highest BCUT2D eigenvalue weighted by atomic mass is 79.9. The molecule has 2 aromatic heterocycles. The van der Waals surface area contributed by atoms with Crippen molar-refractivity contribution in [2.24, 2.45) is 0 Å². The minimum absolute atomic E-state index is 0.861. The Kier molecular flexibility index (Phi) is 4.88. The van der Waals surface area contributed by atoms with Gasteiger partial charge >= 0.3 is 0 Å². The van der Waals surface area contributed by atoms with E-state index in [9.17, 15) is 0 Å². The fraction of sp³-hybridized carbons (Fsp3) is 0.111. The predicted octanol–water partition coefficient (Wildman–Crippen LogP) is 4.46. The van der Waals surface area contributed by atoms with Gasteiger partial charge in [-0.2, -0.15) is 0 Å². The summed E-state index contributed by atoms with van der Waals surface area (Å²) in [6.45, 7) is 2.05. The van der Waals surface area contributed by atoms with Crippen LogP contribution in [-0.2, 0) is 5.33 Å². The fourth-order valence-electron chi connectivity index (χ4n) is 2.17. The number of fused-ring (bicyclic) bond motifs is 2. The van der Waals surface area contributed by atoms with Crippen LogP contribution in [-0.4, -0.2) is 19.9 Å². The second-order valence-electron chi connectivity index (χ2n) is 5.06. The molecule has 0 fully saturated rings. The molecule has 2 heterocycles. The summed E-state index contributed by atoms with van der Waals surface area (Å²) in [5, 5.41) is 0.861. The lowest BCUT2D eigenvalue weighted by atomic mass is 10.2. The van der Waals surface area contributed by atoms with Gasteiger partial charge < -0.3 is 0 Å². The third-order valence-corrected chi connectivity index (χ3v) is 3.96. The summed E-state index contributed by atoms with van der Waals surface area (Å²) in [7, 11) is 0. The predicted molar refractivity (Wildman–Crippen MR) is 96.4 cm³/mol. The van der Waals surface area contributed by atoms with Gasteiger partial charge in [0.05, 0.1) is 22.1 Å². The van der Waals surface area contributed by atoms with Crippen LogP contribution >= 0.6 is 15.9 Å². The average molecular weight is 367 g/mol. The van der Waals surface area contributed by atoms with Crippen LogP contribution in [0.5, 0.6) is 0 Å². The smallest absolute Gasteiger partial charge is 0.0889 e. The van der Waals surface area contributed by atoms with Gasteiger partial charge in [-0.25, -0.2) is 0 Å². The summed E-state index contributed by atoms with van der Waals surface area (Å²) in [4.78, 5) is 16.7. The molecule has 23 heavy (non-hydrogen) atoms. The maximum absolute atomic E-state index is 4.21. The number of benzene rings is 2. The Balaban J connectivity index is 0.000000136. The molecule has 4 aromatic rings. The van der Waals surface area contributed by atoms with Crippen molar-refractivity contribution in [1.29, 1.82) is 0 Å². The van der Waals surface area contributed by atoms with Gasteiger partial charge in [0.1, 0.15) is 0 Å². The summed E-state index contributed by atoms with van der Waals surface area (Å²) in [5.74, 6) is 0. The maximum Gasteiger partial charge on any atom is 0.0889 e. The number of aryl methyl sites for hydroxylation is 1. The monoisotopic (exact) mass is 366 g/mol. The van der Waals surface area contributed by atoms with Gasteiger partial charge in [-0.3, -0.25) is 19.9 Å². The lowest BCUT2D eigenvalue weighted by Crippen LogP contribution is -1.83. The third-order valence-electron chi connectivity index (χ3n) is 3.31. The molecule has 0 saturated carbocycles. The van der Waals surface area contributed by atoms with Gasteiger partial charge in [-0.05, 0) is 42.3 Å². The Morgan fingerprint density at radius 1 is 0.696 bits per heavy atom. The van der Waals surface area contributed by atoms with Crippen molar-refractivity contribution in [2.75, 3.05) is 0 Å². The van der Waals surface area contributed by atoms with Gasteiger partial charge in [-0.1, -0.05) is 28.1 Å². The van der Waals surface area contributed by atoms with E-state index in [1.807, 2.05) is 43.3 Å². The van der Waals surface area contributed by atoms with E-state index >= 15 is 0 Å². The first-order chi connectivity index (χ1) is 11.3. The molecule has 114 valence electrons. The zero-order valence-corrected chi connectivity index (χ0v) is 14.2. The average Bonchev–Trinajstić information content (AvgIpc) is 2.61. The van der Waals surface area contributed by atoms with E-state index in [4.69, 9.17) is 0 Å². The van der Waals surface area contributed by atoms with Crippen LogP contribution in [0.1, 0.15) is 11.1 Å². The second-order valence-corrected chi connectivity index (χ2v) is 5.62. The van der Waals surface area contributed by atoms with Crippen LogP contribution in [0.25, 0.3) is 22.1 Å². The molecule has 0 saturated heterocycles. The summed E-state index contributed by atoms with van der Waals surface area (Å²) in [5.41, 5.74) is 6.27. The molecule has 0 bridgehead atoms. The Morgan fingerprint density at radius 2 is 1.22 bits per heavy atom. The lowest BCUT2D eigenvalue weighted by Gasteiger charge is -1.97. The first-order valence-electron chi connectivity index (χ1n) is 7.19. The Morgan fingerprint density at radius 3 is 1.83 bits per heavy atom. The quantitative estimate of drug-likeness (QED) is 0.466. The van der Waals surface area contributed by atoms with Crippen molar-refractivity contribution in [3.63, 3.8) is 0 Å². The zero-order valence-electron chi connectivity index (χ0n) is 12.6. The van der Waals surface area contributed by atoms with Crippen LogP contribution in [0.2, 0.25) is 0 Å². The van der Waals surface area contributed by atoms with Crippen molar-refractivity contribution < 1.29 is 0 Å². The maximum atomic E-state index is 4.21. The van der Waals surface area contributed by atoms with E-state index in [2.05, 4.69) is 35.9 Å². The SMILES string of the molecule is BrCc1ccc2nccnc2c1.Cc1ccc2nccnc2c1. The number of nitrogens with zero attached hydrogens (tertiary/aromatic N) is 4. The molecular formula is C18H15BrN4. The van der Waals surface area contributed by atoms with Crippen LogP contribution in [0, 0.1) is 6.92 Å². The molecule has 2 aromatic carbocycles. The highest BCUT2D eigenvalue weighted by Crippen LogP contribution is 2.12. The number of hydrogen-bond acceptors (Lipinski definition) is 4. The van der Waals surface area contributed by atoms with Gasteiger partial charge in [0, 0.05) is 30.1 Å². The zero-order chi connectivity index (χ0) is 16.1. The largest absolute Gasteiger partial charge is 0.253 e. The van der Waals surface area contributed by atoms with Crippen molar-refractivity contribution >= 4 is 38.0 Å². The van der Waals surface area contributed by atoms with Gasteiger partial charge in [0.25, 0.3) is 0 Å². The molecule has 0 spiro atoms. The minimum atomic E-state index is 0.861. The molecule has 0 aliphatic heterocycles. The molecule has 0 amide bonds. The van der Waals surface area contributed by atoms with E-state index in [1.165, 1.54) is 11.1 Å². The van der Waals surface area contributed by atoms with E-state index < -0.39 is 0 Å². The van der Waals surface area contributed by atoms with E-state index in [1.54, 1.807) is 24.8 Å². The molecule has 0 atom stereocenters. The molecule has 4 rings (SSSR count). The highest BCUT2D eigenvalue weighted by Gasteiger charge is 1.95. The highest BCUT2D eigenvalue weighted by molar-refractivity contribution is 9.08. The summed E-state index contributed by atoms with van der Waals surface area (Å²) in [6.07, 6.45) is 6.83. The first kappa shape index (κ1) is 15.5. The van der Waals surface area contributed by atoms with Crippen LogP contribution < -0.4 is 0 Å². The molecule has 0 aliphatic carbocycles. The molecular weight excluding hydrogens is 352 g/mol. The number of hydrogen-bond donors (Lipinski definition) is 0. The van der Waals surface area contributed by atoms with Gasteiger partial charge in [0.15, 0.2) is 0 Å². The first-order valence-corrected chi connectivity index (χ1v) is 8.31. The Labute approximate surface area is 142 Å². The lowest BCUT2D eigenvalue weighted by molar-refractivity contribution is 1.28. The van der Waals surface area contributed by atoms with E-state index in [-0.39, 0.29) is 0 Å². The Hall–Kier alpha value is -2.40. The summed E-state index contributed by atoms with van der Waals surface area (Å²) in [6, 6.07) is 12.1. The topological polar surface area (TPSA) is 51.6 Å². The molecule has 0 N–H and O–H groups in total. The Bertz CT molecular complexity index is 940. The van der Waals surface area contributed by atoms with Crippen molar-refractivity contribution in [3.8, 4) is 0 Å². The fourth-order valence-corrected chi connectivity index (χ4v) is 2.51. The molecule has 4 nitrogen and oxygen atoms in total.